The van der Waals surface area contributed by atoms with Crippen molar-refractivity contribution < 1.29 is 35.9 Å². The van der Waals surface area contributed by atoms with Crippen LogP contribution in [0.25, 0.3) is 0 Å². The van der Waals surface area contributed by atoms with Crippen LogP contribution in [-0.2, 0) is 36.9 Å². The summed E-state index contributed by atoms with van der Waals surface area (Å²) in [6.07, 6.45) is -1.40. The van der Waals surface area contributed by atoms with Crippen LogP contribution in [-0.4, -0.2) is 61.8 Å². The Kier molecular flexibility index (Phi) is 7.89. The second-order valence-electron chi connectivity index (χ2n) is 9.88. The van der Waals surface area contributed by atoms with E-state index in [0.717, 1.165) is 46.8 Å². The van der Waals surface area contributed by atoms with Crippen LogP contribution < -0.4 is 5.32 Å². The van der Waals surface area contributed by atoms with Crippen molar-refractivity contribution in [2.45, 2.75) is 48.3 Å². The molecule has 2 bridgehead atoms. The summed E-state index contributed by atoms with van der Waals surface area (Å²) in [4.78, 5) is 10.9. The number of nitrogens with one attached hydrogen (secondary N) is 2. The summed E-state index contributed by atoms with van der Waals surface area (Å²) in [5, 5.41) is 10.4. The smallest absolute Gasteiger partial charge is 0.416 e. The first-order valence-electron chi connectivity index (χ1n) is 12.8. The van der Waals surface area contributed by atoms with Gasteiger partial charge in [0.1, 0.15) is 6.61 Å². The first kappa shape index (κ1) is 28.1. The standard InChI is InChI=1S/C27H29F3N4O5S/c1-38-26(35)16-39-11-10-31-20-6-2-17(3-7-20)18-12-21-14-24-23(15-32-33-24)25(13-18)34(21)40(36,37)22-8-4-19(5-9-22)27(28,29)30/h2-9,15,18,21,25,31H,10-14,16H2,1H3,(H,32,33). The van der Waals surface area contributed by atoms with Crippen LogP contribution in [0, 0.1) is 0 Å². The molecule has 0 saturated carbocycles. The number of fused-ring (bicyclic) bond motifs is 4. The molecule has 1 saturated heterocycles. The van der Waals surface area contributed by atoms with Gasteiger partial charge in [0, 0.05) is 36.0 Å². The highest BCUT2D eigenvalue weighted by molar-refractivity contribution is 7.89. The molecule has 3 heterocycles. The summed E-state index contributed by atoms with van der Waals surface area (Å²) in [6.45, 7) is 0.730. The highest BCUT2D eigenvalue weighted by atomic mass is 32.2. The zero-order valence-electron chi connectivity index (χ0n) is 21.6. The maximum Gasteiger partial charge on any atom is 0.416 e. The molecule has 0 aliphatic carbocycles. The number of benzene rings is 2. The number of piperidine rings is 1. The van der Waals surface area contributed by atoms with Crippen molar-refractivity contribution in [1.82, 2.24) is 14.5 Å². The van der Waals surface area contributed by atoms with E-state index in [9.17, 15) is 26.4 Å². The molecule has 0 spiro atoms. The molecule has 2 N–H and O–H groups in total. The van der Waals surface area contributed by atoms with E-state index in [1.165, 1.54) is 11.4 Å². The van der Waals surface area contributed by atoms with E-state index in [1.807, 2.05) is 24.3 Å². The van der Waals surface area contributed by atoms with Gasteiger partial charge in [0.15, 0.2) is 0 Å². The number of carbonyl (C=O) groups is 1. The normalized spacial score (nSPS) is 21.1. The maximum atomic E-state index is 13.8. The predicted octanol–water partition coefficient (Wildman–Crippen LogP) is 4.26. The largest absolute Gasteiger partial charge is 0.467 e. The van der Waals surface area contributed by atoms with Gasteiger partial charge >= 0.3 is 12.1 Å². The van der Waals surface area contributed by atoms with E-state index in [1.54, 1.807) is 6.20 Å². The lowest BCUT2D eigenvalue weighted by Gasteiger charge is -2.47. The van der Waals surface area contributed by atoms with Gasteiger partial charge in [0.05, 0.1) is 36.4 Å². The third-order valence-corrected chi connectivity index (χ3v) is 9.42. The van der Waals surface area contributed by atoms with Gasteiger partial charge in [-0.2, -0.15) is 22.6 Å². The summed E-state index contributed by atoms with van der Waals surface area (Å²) in [5.74, 6) is -0.357. The molecule has 2 aromatic carbocycles. The number of aromatic amines is 1. The van der Waals surface area contributed by atoms with E-state index >= 15 is 0 Å². The van der Waals surface area contributed by atoms with Crippen molar-refractivity contribution >= 4 is 21.7 Å². The zero-order valence-corrected chi connectivity index (χ0v) is 22.5. The van der Waals surface area contributed by atoms with E-state index in [0.29, 0.717) is 32.4 Å². The van der Waals surface area contributed by atoms with Crippen LogP contribution in [0.4, 0.5) is 18.9 Å². The Balaban J connectivity index is 1.31. The fraction of sp³-hybridized carbons (Fsp3) is 0.407. The van der Waals surface area contributed by atoms with E-state index < -0.39 is 33.8 Å². The molecule has 13 heteroatoms. The Labute approximate surface area is 229 Å². The van der Waals surface area contributed by atoms with Crippen LogP contribution >= 0.6 is 0 Å². The number of alkyl halides is 3. The molecule has 3 unspecified atom stereocenters. The average Bonchev–Trinajstić information content (AvgIpc) is 3.40. The fourth-order valence-electron chi connectivity index (χ4n) is 5.53. The van der Waals surface area contributed by atoms with Gasteiger partial charge in [-0.15, -0.1) is 0 Å². The van der Waals surface area contributed by atoms with Crippen LogP contribution in [0.1, 0.15) is 47.2 Å². The number of methoxy groups -OCH3 is 1. The van der Waals surface area contributed by atoms with E-state index in [2.05, 4.69) is 20.3 Å². The van der Waals surface area contributed by atoms with Gasteiger partial charge in [-0.05, 0) is 60.7 Å². The number of anilines is 1. The fourth-order valence-corrected chi connectivity index (χ4v) is 7.34. The van der Waals surface area contributed by atoms with Gasteiger partial charge < -0.3 is 14.8 Å². The molecule has 1 aromatic heterocycles. The Morgan fingerprint density at radius 1 is 1.12 bits per heavy atom. The number of carbonyl (C=O) groups excluding carboxylic acids is 1. The summed E-state index contributed by atoms with van der Waals surface area (Å²) < 4.78 is 77.9. The van der Waals surface area contributed by atoms with E-state index in [4.69, 9.17) is 4.74 Å². The topological polar surface area (TPSA) is 114 Å². The first-order valence-corrected chi connectivity index (χ1v) is 14.2. The third-order valence-electron chi connectivity index (χ3n) is 7.44. The van der Waals surface area contributed by atoms with Crippen molar-refractivity contribution in [3.05, 3.63) is 77.1 Å². The van der Waals surface area contributed by atoms with Crippen LogP contribution in [0.5, 0.6) is 0 Å². The number of esters is 1. The molecule has 3 aromatic rings. The number of hydrogen-bond acceptors (Lipinski definition) is 7. The number of H-pyrrole nitrogens is 1. The average molecular weight is 579 g/mol. The van der Waals surface area contributed by atoms with Crippen molar-refractivity contribution in [3.8, 4) is 0 Å². The van der Waals surface area contributed by atoms with E-state index in [-0.39, 0.29) is 23.5 Å². The number of ether oxygens (including phenoxy) is 2. The minimum atomic E-state index is -4.55. The lowest BCUT2D eigenvalue weighted by molar-refractivity contribution is -0.145. The maximum absolute atomic E-state index is 13.8. The molecule has 9 nitrogen and oxygen atoms in total. The monoisotopic (exact) mass is 578 g/mol. The molecule has 3 atom stereocenters. The number of halogens is 3. The van der Waals surface area contributed by atoms with Crippen LogP contribution in [0.15, 0.2) is 59.6 Å². The van der Waals surface area contributed by atoms with Gasteiger partial charge in [0.25, 0.3) is 0 Å². The minimum absolute atomic E-state index is 0.0783. The van der Waals surface area contributed by atoms with Crippen molar-refractivity contribution in [3.63, 3.8) is 0 Å². The molecule has 2 aliphatic heterocycles. The molecule has 0 amide bonds. The zero-order chi connectivity index (χ0) is 28.5. The quantitative estimate of drug-likeness (QED) is 0.288. The predicted molar refractivity (Wildman–Crippen MR) is 139 cm³/mol. The molecule has 40 heavy (non-hydrogen) atoms. The second-order valence-corrected chi connectivity index (χ2v) is 11.7. The van der Waals surface area contributed by atoms with Crippen LogP contribution in [0.3, 0.4) is 0 Å². The highest BCUT2D eigenvalue weighted by Gasteiger charge is 2.48. The molecular formula is C27H29F3N4O5S. The minimum Gasteiger partial charge on any atom is -0.467 e. The molecule has 0 radical (unpaired) electrons. The van der Waals surface area contributed by atoms with Crippen molar-refractivity contribution in [2.75, 3.05) is 32.2 Å². The Morgan fingerprint density at radius 2 is 1.85 bits per heavy atom. The summed E-state index contributed by atoms with van der Waals surface area (Å²) in [5.41, 5.74) is 2.74. The SMILES string of the molecule is COC(=O)COCCNc1ccc(C2CC3Cc4[nH]ncc4C(C2)N3S(=O)(=O)c2ccc(C(F)(F)F)cc2)cc1. The van der Waals surface area contributed by atoms with Gasteiger partial charge in [-0.25, -0.2) is 13.2 Å². The Morgan fingerprint density at radius 3 is 2.52 bits per heavy atom. The Bertz CT molecular complexity index is 1440. The summed E-state index contributed by atoms with van der Waals surface area (Å²) in [7, 11) is -2.76. The molecule has 2 aliphatic rings. The van der Waals surface area contributed by atoms with Gasteiger partial charge in [0.2, 0.25) is 10.0 Å². The summed E-state index contributed by atoms with van der Waals surface area (Å²) >= 11 is 0. The van der Waals surface area contributed by atoms with Crippen molar-refractivity contribution in [1.29, 1.82) is 0 Å². The molecule has 5 rings (SSSR count). The Hall–Kier alpha value is -3.42. The molecular weight excluding hydrogens is 549 g/mol. The lowest BCUT2D eigenvalue weighted by atomic mass is 9.76. The number of aromatic nitrogens is 2. The van der Waals surface area contributed by atoms with Gasteiger partial charge in [-0.3, -0.25) is 5.10 Å². The second kappa shape index (κ2) is 11.2. The highest BCUT2D eigenvalue weighted by Crippen LogP contribution is 2.49. The molecule has 1 fully saturated rings. The summed E-state index contributed by atoms with van der Waals surface area (Å²) in [6, 6.07) is 10.7. The van der Waals surface area contributed by atoms with Gasteiger partial charge in [-0.1, -0.05) is 12.1 Å². The number of sulfonamides is 1. The van der Waals surface area contributed by atoms with Crippen molar-refractivity contribution in [2.24, 2.45) is 0 Å². The first-order chi connectivity index (χ1) is 19.1. The molecule has 214 valence electrons. The lowest BCUT2D eigenvalue weighted by Crippen LogP contribution is -2.51. The van der Waals surface area contributed by atoms with Crippen LogP contribution in [0.2, 0.25) is 0 Å². The number of rotatable bonds is 9. The number of nitrogens with zero attached hydrogens (tertiary/aromatic N) is 2. The third kappa shape index (κ3) is 5.72. The number of hydrogen-bond donors (Lipinski definition) is 2.